The molecule has 0 N–H and O–H groups in total. The fraction of sp³-hybridized carbons (Fsp3) is 0. The van der Waals surface area contributed by atoms with Gasteiger partial charge < -0.3 is 0 Å². The summed E-state index contributed by atoms with van der Waals surface area (Å²) in [7, 11) is 3.41. The monoisotopic (exact) mass is 266 g/mol. The summed E-state index contributed by atoms with van der Waals surface area (Å²) in [5, 5.41) is 0. The molecule has 0 unspecified atom stereocenters. The average Bonchev–Trinajstić information content (AvgIpc) is 2.46. The lowest BCUT2D eigenvalue weighted by Crippen LogP contribution is -1.74. The van der Waals surface area contributed by atoms with Gasteiger partial charge in [0.25, 0.3) is 0 Å². The smallest absolute Gasteiger partial charge is 0.0243 e. The third-order valence-electron chi connectivity index (χ3n) is 2.28. The molecule has 0 amide bonds. The summed E-state index contributed by atoms with van der Waals surface area (Å²) < 4.78 is 0. The Labute approximate surface area is 116 Å². The highest BCUT2D eigenvalue weighted by atomic mass is 33.1. The Morgan fingerprint density at radius 1 is 0.611 bits per heavy atom. The van der Waals surface area contributed by atoms with Gasteiger partial charge in [-0.3, -0.25) is 0 Å². The molecule has 0 aliphatic heterocycles. The van der Waals surface area contributed by atoms with Crippen LogP contribution in [0.25, 0.3) is 0 Å². The Kier molecular flexibility index (Phi) is 4.42. The minimum Gasteiger partial charge on any atom is -0.115 e. The van der Waals surface area contributed by atoms with Crippen molar-refractivity contribution in [1.82, 2.24) is 0 Å². The third-order valence-corrected chi connectivity index (χ3v) is 4.69. The van der Waals surface area contributed by atoms with Crippen LogP contribution in [0.3, 0.4) is 0 Å². The Morgan fingerprint density at radius 3 is 1.22 bits per heavy atom. The first-order chi connectivity index (χ1) is 8.81. The average molecular weight is 266 g/mol. The van der Waals surface area contributed by atoms with E-state index in [9.17, 15) is 0 Å². The molecule has 0 aliphatic rings. The van der Waals surface area contributed by atoms with Crippen molar-refractivity contribution in [2.75, 3.05) is 0 Å². The zero-order chi connectivity index (χ0) is 12.8. The molecule has 0 spiro atoms. The van der Waals surface area contributed by atoms with Crippen LogP contribution in [-0.2, 0) is 0 Å². The summed E-state index contributed by atoms with van der Waals surface area (Å²) in [6.45, 7) is 0. The largest absolute Gasteiger partial charge is 0.115 e. The molecule has 2 aromatic rings. The zero-order valence-corrected chi connectivity index (χ0v) is 11.2. The SMILES string of the molecule is C#Cc1ccc(SSc2ccc(C#C)cc2)cc1. The first kappa shape index (κ1) is 12.7. The Balaban J connectivity index is 1.98. The molecule has 0 fully saturated rings. The minimum atomic E-state index is 0.905. The van der Waals surface area contributed by atoms with Crippen LogP contribution in [0, 0.1) is 24.7 Å². The van der Waals surface area contributed by atoms with Crippen molar-refractivity contribution >= 4 is 21.6 Å². The van der Waals surface area contributed by atoms with Crippen molar-refractivity contribution in [2.45, 2.75) is 9.79 Å². The van der Waals surface area contributed by atoms with Crippen LogP contribution in [0.2, 0.25) is 0 Å². The van der Waals surface area contributed by atoms with Crippen molar-refractivity contribution in [3.05, 3.63) is 59.7 Å². The maximum Gasteiger partial charge on any atom is 0.0243 e. The number of terminal acetylenes is 2. The predicted molar refractivity (Wildman–Crippen MR) is 80.5 cm³/mol. The van der Waals surface area contributed by atoms with E-state index in [0.717, 1.165) is 11.1 Å². The van der Waals surface area contributed by atoms with Crippen LogP contribution in [0.5, 0.6) is 0 Å². The number of hydrogen-bond donors (Lipinski definition) is 0. The minimum absolute atomic E-state index is 0.905. The Morgan fingerprint density at radius 2 is 0.944 bits per heavy atom. The first-order valence-corrected chi connectivity index (χ1v) is 7.44. The van der Waals surface area contributed by atoms with Gasteiger partial charge in [0, 0.05) is 20.9 Å². The Hall–Kier alpha value is -1.74. The number of rotatable bonds is 3. The van der Waals surface area contributed by atoms with E-state index < -0.39 is 0 Å². The second kappa shape index (κ2) is 6.26. The second-order valence-electron chi connectivity index (χ2n) is 3.50. The van der Waals surface area contributed by atoms with Crippen LogP contribution >= 0.6 is 21.6 Å². The van der Waals surface area contributed by atoms with Gasteiger partial charge in [-0.2, -0.15) is 0 Å². The molecule has 18 heavy (non-hydrogen) atoms. The van der Waals surface area contributed by atoms with Gasteiger partial charge in [-0.25, -0.2) is 0 Å². The van der Waals surface area contributed by atoms with E-state index in [1.807, 2.05) is 48.5 Å². The fourth-order valence-corrected chi connectivity index (χ4v) is 3.24. The van der Waals surface area contributed by atoms with Crippen molar-refractivity contribution in [1.29, 1.82) is 0 Å². The molecule has 86 valence electrons. The molecule has 0 saturated carbocycles. The lowest BCUT2D eigenvalue weighted by molar-refractivity contribution is 1.45. The van der Waals surface area contributed by atoms with Crippen LogP contribution in [-0.4, -0.2) is 0 Å². The third kappa shape index (κ3) is 3.37. The van der Waals surface area contributed by atoms with Gasteiger partial charge in [0.1, 0.15) is 0 Å². The molecule has 0 atom stereocenters. The topological polar surface area (TPSA) is 0 Å². The maximum atomic E-state index is 5.31. The molecular weight excluding hydrogens is 256 g/mol. The lowest BCUT2D eigenvalue weighted by Gasteiger charge is -2.01. The van der Waals surface area contributed by atoms with Crippen molar-refractivity contribution < 1.29 is 0 Å². The van der Waals surface area contributed by atoms with Gasteiger partial charge in [-0.05, 0) is 48.5 Å². The number of hydrogen-bond acceptors (Lipinski definition) is 2. The van der Waals surface area contributed by atoms with Gasteiger partial charge in [0.15, 0.2) is 0 Å². The number of benzene rings is 2. The molecule has 2 rings (SSSR count). The van der Waals surface area contributed by atoms with E-state index >= 15 is 0 Å². The molecule has 0 bridgehead atoms. The van der Waals surface area contributed by atoms with Crippen LogP contribution in [0.15, 0.2) is 58.3 Å². The highest BCUT2D eigenvalue weighted by Crippen LogP contribution is 2.37. The molecular formula is C16H10S2. The van der Waals surface area contributed by atoms with Crippen LogP contribution in [0.1, 0.15) is 11.1 Å². The van der Waals surface area contributed by atoms with Crippen molar-refractivity contribution in [3.8, 4) is 24.7 Å². The quantitative estimate of drug-likeness (QED) is 0.594. The summed E-state index contributed by atoms with van der Waals surface area (Å²) in [5.41, 5.74) is 1.81. The molecule has 0 nitrogen and oxygen atoms in total. The maximum absolute atomic E-state index is 5.31. The van der Waals surface area contributed by atoms with E-state index in [1.54, 1.807) is 21.6 Å². The van der Waals surface area contributed by atoms with Gasteiger partial charge in [0.05, 0.1) is 0 Å². The highest BCUT2D eigenvalue weighted by molar-refractivity contribution is 8.76. The van der Waals surface area contributed by atoms with E-state index in [2.05, 4.69) is 11.8 Å². The normalized spacial score (nSPS) is 9.44. The van der Waals surface area contributed by atoms with Crippen molar-refractivity contribution in [3.63, 3.8) is 0 Å². The first-order valence-electron chi connectivity index (χ1n) is 5.29. The molecule has 2 aromatic carbocycles. The zero-order valence-electron chi connectivity index (χ0n) is 9.59. The highest BCUT2D eigenvalue weighted by Gasteiger charge is 1.98. The molecule has 0 aliphatic carbocycles. The predicted octanol–water partition coefficient (Wildman–Crippen LogP) is 4.45. The summed E-state index contributed by atoms with van der Waals surface area (Å²) in [6.07, 6.45) is 10.6. The molecule has 0 heterocycles. The molecule has 0 radical (unpaired) electrons. The van der Waals surface area contributed by atoms with Gasteiger partial charge in [-0.15, -0.1) is 12.8 Å². The molecule has 2 heteroatoms. The lowest BCUT2D eigenvalue weighted by atomic mass is 10.2. The van der Waals surface area contributed by atoms with Gasteiger partial charge in [-0.1, -0.05) is 33.4 Å². The van der Waals surface area contributed by atoms with E-state index in [4.69, 9.17) is 12.8 Å². The van der Waals surface area contributed by atoms with E-state index in [-0.39, 0.29) is 0 Å². The summed E-state index contributed by atoms with van der Waals surface area (Å²) in [6, 6.07) is 15.9. The van der Waals surface area contributed by atoms with Crippen LogP contribution < -0.4 is 0 Å². The molecule has 0 saturated heterocycles. The second-order valence-corrected chi connectivity index (χ2v) is 5.78. The van der Waals surface area contributed by atoms with Gasteiger partial charge >= 0.3 is 0 Å². The Bertz CT molecular complexity index is 538. The standard InChI is InChI=1S/C16H10S2/c1-3-13-5-9-15(10-6-13)17-18-16-11-7-14(4-2)8-12-16/h1-2,5-12H. The van der Waals surface area contributed by atoms with E-state index in [1.165, 1.54) is 9.79 Å². The van der Waals surface area contributed by atoms with Gasteiger partial charge in [0.2, 0.25) is 0 Å². The van der Waals surface area contributed by atoms with E-state index in [0.29, 0.717) is 0 Å². The summed E-state index contributed by atoms with van der Waals surface area (Å²) in [5.74, 6) is 5.21. The van der Waals surface area contributed by atoms with Crippen LogP contribution in [0.4, 0.5) is 0 Å². The summed E-state index contributed by atoms with van der Waals surface area (Å²) in [4.78, 5) is 2.36. The molecule has 0 aromatic heterocycles. The summed E-state index contributed by atoms with van der Waals surface area (Å²) >= 11 is 0. The fourth-order valence-electron chi connectivity index (χ4n) is 1.31. The van der Waals surface area contributed by atoms with Crippen molar-refractivity contribution in [2.24, 2.45) is 0 Å².